The lowest BCUT2D eigenvalue weighted by Gasteiger charge is -2.35. The van der Waals surface area contributed by atoms with Gasteiger partial charge in [0, 0.05) is 12.5 Å². The molecule has 242 valence electrons. The number of piperidine rings is 1. The Labute approximate surface area is 270 Å². The molecule has 2 aliphatic heterocycles. The number of carbonyl (C=O) groups excluding carboxylic acids is 2. The van der Waals surface area contributed by atoms with Crippen LogP contribution in [0.5, 0.6) is 5.75 Å². The van der Waals surface area contributed by atoms with Crippen LogP contribution in [0.3, 0.4) is 0 Å². The van der Waals surface area contributed by atoms with Gasteiger partial charge in [0.2, 0.25) is 5.96 Å². The molecule has 3 aromatic carbocycles. The number of amides is 2. The molecule has 10 nitrogen and oxygen atoms in total. The SMILES string of the molecule is Cc1c(C)c(S(=O)(=O)/N=C(\N)N2CCC[C@H](NC(=O)OCC3c4ccccc4-c4ccccc43)C2=O)c(C)c2c1OC(C)(C)CC2. The molecule has 1 atom stereocenters. The van der Waals surface area contributed by atoms with Crippen molar-refractivity contribution in [2.24, 2.45) is 10.1 Å². The quantitative estimate of drug-likeness (QED) is 0.286. The molecule has 1 fully saturated rings. The fraction of sp³-hybridized carbons (Fsp3) is 0.400. The summed E-state index contributed by atoms with van der Waals surface area (Å²) >= 11 is 0. The van der Waals surface area contributed by atoms with E-state index >= 15 is 0 Å². The zero-order valence-electron chi connectivity index (χ0n) is 26.8. The zero-order chi connectivity index (χ0) is 33.0. The van der Waals surface area contributed by atoms with Gasteiger partial charge in [-0.25, -0.2) is 4.79 Å². The van der Waals surface area contributed by atoms with Crippen molar-refractivity contribution in [3.8, 4) is 16.9 Å². The number of carbonyl (C=O) groups is 2. The Kier molecular flexibility index (Phi) is 8.08. The highest BCUT2D eigenvalue weighted by Crippen LogP contribution is 2.45. The predicted molar refractivity (Wildman–Crippen MR) is 175 cm³/mol. The van der Waals surface area contributed by atoms with Crippen LogP contribution in [-0.2, 0) is 26.0 Å². The summed E-state index contributed by atoms with van der Waals surface area (Å²) < 4.78 is 43.2. The first kappa shape index (κ1) is 31.6. The number of guanidine groups is 1. The third-order valence-corrected chi connectivity index (χ3v) is 11.0. The number of ether oxygens (including phenoxy) is 2. The molecular weight excluding hydrogens is 604 g/mol. The summed E-state index contributed by atoms with van der Waals surface area (Å²) in [5.41, 5.74) is 12.9. The molecule has 0 bridgehead atoms. The van der Waals surface area contributed by atoms with Gasteiger partial charge < -0.3 is 20.5 Å². The van der Waals surface area contributed by atoms with E-state index < -0.39 is 34.0 Å². The van der Waals surface area contributed by atoms with Crippen molar-refractivity contribution < 1.29 is 27.5 Å². The normalized spacial score (nSPS) is 19.2. The van der Waals surface area contributed by atoms with Crippen molar-refractivity contribution in [3.05, 3.63) is 81.9 Å². The monoisotopic (exact) mass is 644 g/mol. The maximum atomic E-state index is 13.7. The van der Waals surface area contributed by atoms with Crippen molar-refractivity contribution in [3.63, 3.8) is 0 Å². The van der Waals surface area contributed by atoms with E-state index in [1.54, 1.807) is 13.8 Å². The van der Waals surface area contributed by atoms with Gasteiger partial charge in [0.25, 0.3) is 15.9 Å². The Bertz CT molecular complexity index is 1840. The van der Waals surface area contributed by atoms with E-state index in [0.29, 0.717) is 30.4 Å². The number of rotatable bonds is 5. The minimum absolute atomic E-state index is 0.0766. The number of alkyl carbamates (subject to hydrolysis) is 1. The van der Waals surface area contributed by atoms with Crippen LogP contribution in [0.4, 0.5) is 4.79 Å². The van der Waals surface area contributed by atoms with Gasteiger partial charge in [0.15, 0.2) is 0 Å². The van der Waals surface area contributed by atoms with Crippen LogP contribution >= 0.6 is 0 Å². The van der Waals surface area contributed by atoms with E-state index in [-0.39, 0.29) is 29.6 Å². The minimum Gasteiger partial charge on any atom is -0.487 e. The molecule has 3 aliphatic rings. The fourth-order valence-corrected chi connectivity index (χ4v) is 8.46. The molecule has 3 N–H and O–H groups in total. The molecule has 0 aromatic heterocycles. The van der Waals surface area contributed by atoms with Crippen LogP contribution in [0.2, 0.25) is 0 Å². The third-order valence-electron chi connectivity index (χ3n) is 9.49. The number of benzene rings is 3. The van der Waals surface area contributed by atoms with Crippen LogP contribution in [0.25, 0.3) is 11.1 Å². The molecule has 1 aliphatic carbocycles. The molecule has 0 radical (unpaired) electrons. The van der Waals surface area contributed by atoms with E-state index in [9.17, 15) is 18.0 Å². The van der Waals surface area contributed by atoms with Gasteiger partial charge >= 0.3 is 6.09 Å². The van der Waals surface area contributed by atoms with Crippen LogP contribution in [0, 0.1) is 20.8 Å². The maximum absolute atomic E-state index is 13.7. The molecule has 6 rings (SSSR count). The maximum Gasteiger partial charge on any atom is 0.407 e. The Morgan fingerprint density at radius 1 is 1.04 bits per heavy atom. The predicted octanol–water partition coefficient (Wildman–Crippen LogP) is 5.25. The molecule has 46 heavy (non-hydrogen) atoms. The lowest BCUT2D eigenvalue weighted by Crippen LogP contribution is -2.56. The van der Waals surface area contributed by atoms with Crippen molar-refractivity contribution >= 4 is 28.0 Å². The first-order valence-electron chi connectivity index (χ1n) is 15.6. The summed E-state index contributed by atoms with van der Waals surface area (Å²) in [6, 6.07) is 15.1. The van der Waals surface area contributed by atoms with Gasteiger partial charge in [0.1, 0.15) is 24.0 Å². The van der Waals surface area contributed by atoms with Crippen molar-refractivity contribution in [2.45, 2.75) is 82.8 Å². The number of nitrogens with two attached hydrogens (primary N) is 1. The molecule has 2 amide bonds. The van der Waals surface area contributed by atoms with E-state index in [1.165, 1.54) is 0 Å². The standard InChI is InChI=1S/C35H40N4O6S/c1-20-21(2)31(22(3)23-16-17-35(4,5)45-30(20)23)46(42,43)38-33(36)39-18-10-15-29(32(39)40)37-34(41)44-19-28-26-13-8-6-11-24(26)25-12-7-9-14-27(25)28/h6-9,11-14,28-29H,10,15-19H2,1-5H3,(H2,36,38)(H,37,41)/t29-/m0/s1. The molecule has 2 heterocycles. The van der Waals surface area contributed by atoms with Gasteiger partial charge in [0.05, 0.1) is 4.90 Å². The molecule has 0 unspecified atom stereocenters. The highest BCUT2D eigenvalue weighted by Gasteiger charge is 2.36. The Hall–Kier alpha value is -4.38. The number of hydrogen-bond acceptors (Lipinski definition) is 6. The molecule has 11 heteroatoms. The summed E-state index contributed by atoms with van der Waals surface area (Å²) in [5, 5.41) is 2.66. The second-order valence-electron chi connectivity index (χ2n) is 13.0. The molecule has 3 aromatic rings. The summed E-state index contributed by atoms with van der Waals surface area (Å²) in [6.45, 7) is 9.64. The number of nitrogens with one attached hydrogen (secondary N) is 1. The molecule has 0 spiro atoms. The topological polar surface area (TPSA) is 140 Å². The number of hydrogen-bond donors (Lipinski definition) is 2. The number of likely N-dealkylation sites (tertiary alicyclic amines) is 1. The first-order valence-corrected chi connectivity index (χ1v) is 17.1. The number of nitrogens with zero attached hydrogens (tertiary/aromatic N) is 2. The average Bonchev–Trinajstić information content (AvgIpc) is 3.32. The van der Waals surface area contributed by atoms with Gasteiger partial charge in [-0.3, -0.25) is 9.69 Å². The molecular formula is C35H40N4O6S. The van der Waals surface area contributed by atoms with E-state index in [4.69, 9.17) is 15.2 Å². The molecule has 1 saturated heterocycles. The lowest BCUT2D eigenvalue weighted by molar-refractivity contribution is -0.131. The van der Waals surface area contributed by atoms with Gasteiger partial charge in [-0.05, 0) is 105 Å². The Morgan fingerprint density at radius 3 is 2.33 bits per heavy atom. The Morgan fingerprint density at radius 2 is 1.67 bits per heavy atom. The highest BCUT2D eigenvalue weighted by atomic mass is 32.2. The minimum atomic E-state index is -4.28. The van der Waals surface area contributed by atoms with Crippen LogP contribution in [-0.4, -0.2) is 56.1 Å². The second-order valence-corrected chi connectivity index (χ2v) is 14.5. The van der Waals surface area contributed by atoms with Crippen molar-refractivity contribution in [1.82, 2.24) is 10.2 Å². The number of sulfonamides is 1. The Balaban J connectivity index is 1.16. The van der Waals surface area contributed by atoms with Crippen LogP contribution in [0.1, 0.15) is 72.4 Å². The van der Waals surface area contributed by atoms with Crippen LogP contribution in [0.15, 0.2) is 57.8 Å². The van der Waals surface area contributed by atoms with E-state index in [1.807, 2.05) is 57.2 Å². The lowest BCUT2D eigenvalue weighted by atomic mass is 9.88. The smallest absolute Gasteiger partial charge is 0.407 e. The van der Waals surface area contributed by atoms with Crippen molar-refractivity contribution in [1.29, 1.82) is 0 Å². The number of fused-ring (bicyclic) bond motifs is 4. The second kappa shape index (κ2) is 11.8. The van der Waals surface area contributed by atoms with E-state index in [2.05, 4.69) is 21.8 Å². The largest absolute Gasteiger partial charge is 0.487 e. The molecule has 0 saturated carbocycles. The summed E-state index contributed by atoms with van der Waals surface area (Å²) in [5.74, 6) is -0.380. The van der Waals surface area contributed by atoms with Gasteiger partial charge in [-0.1, -0.05) is 48.5 Å². The van der Waals surface area contributed by atoms with Crippen LogP contribution < -0.4 is 15.8 Å². The highest BCUT2D eigenvalue weighted by molar-refractivity contribution is 7.90. The zero-order valence-corrected chi connectivity index (χ0v) is 27.7. The van der Waals surface area contributed by atoms with Gasteiger partial charge in [-0.15, -0.1) is 4.40 Å². The summed E-state index contributed by atoms with van der Waals surface area (Å²) in [6.07, 6.45) is 1.53. The third kappa shape index (κ3) is 5.61. The fourth-order valence-electron chi connectivity index (χ4n) is 6.97. The first-order chi connectivity index (χ1) is 21.8. The summed E-state index contributed by atoms with van der Waals surface area (Å²) in [4.78, 5) is 27.6. The van der Waals surface area contributed by atoms with Gasteiger partial charge in [-0.2, -0.15) is 8.42 Å². The van der Waals surface area contributed by atoms with Crippen molar-refractivity contribution in [2.75, 3.05) is 13.2 Å². The average molecular weight is 645 g/mol. The summed E-state index contributed by atoms with van der Waals surface area (Å²) in [7, 11) is -4.28. The van der Waals surface area contributed by atoms with E-state index in [0.717, 1.165) is 50.5 Å².